The van der Waals surface area contributed by atoms with E-state index in [0.717, 1.165) is 12.2 Å². The zero-order valence-electron chi connectivity index (χ0n) is 13.0. The number of hydrogen-bond donors (Lipinski definition) is 2. The van der Waals surface area contributed by atoms with Crippen LogP contribution in [0.15, 0.2) is 41.1 Å². The molecule has 1 atom stereocenters. The average Bonchev–Trinajstić information content (AvgIpc) is 3.22. The minimum atomic E-state index is -0.386. The largest absolute Gasteiger partial charge is 0.467 e. The maximum Gasteiger partial charge on any atom is 0.315 e. The van der Waals surface area contributed by atoms with Gasteiger partial charge in [-0.2, -0.15) is 0 Å². The molecule has 0 spiro atoms. The highest BCUT2D eigenvalue weighted by Gasteiger charge is 2.27. The predicted octanol–water partition coefficient (Wildman–Crippen LogP) is 1.48. The Morgan fingerprint density at radius 3 is 2.91 bits per heavy atom. The molecule has 3 rings (SSSR count). The third-order valence-corrected chi connectivity index (χ3v) is 4.07. The Balaban J connectivity index is 1.47. The van der Waals surface area contributed by atoms with Crippen LogP contribution in [0.2, 0.25) is 0 Å². The van der Waals surface area contributed by atoms with E-state index in [1.165, 1.54) is 0 Å². The van der Waals surface area contributed by atoms with Crippen LogP contribution in [0.25, 0.3) is 0 Å². The van der Waals surface area contributed by atoms with Gasteiger partial charge in [-0.1, -0.05) is 0 Å². The van der Waals surface area contributed by atoms with Crippen LogP contribution < -0.4 is 10.6 Å². The fourth-order valence-electron chi connectivity index (χ4n) is 2.82. The molecule has 2 aromatic rings. The van der Waals surface area contributed by atoms with E-state index >= 15 is 0 Å². The maximum absolute atomic E-state index is 12.3. The third kappa shape index (κ3) is 3.39. The zero-order valence-corrected chi connectivity index (χ0v) is 13.0. The van der Waals surface area contributed by atoms with Crippen molar-refractivity contribution in [2.45, 2.75) is 26.1 Å². The standard InChI is InChI=1S/C16H20N4O3/c1-12-14-5-2-6-19(14)7-8-20(12)15(21)11-18-16(22)17-10-13-4-3-9-23-13/h2-6,9,12H,7-8,10-11H2,1H3,(H2,17,18,22)/t12-/m0/s1. The summed E-state index contributed by atoms with van der Waals surface area (Å²) in [7, 11) is 0. The van der Waals surface area contributed by atoms with E-state index in [1.54, 1.807) is 23.3 Å². The Labute approximate surface area is 134 Å². The van der Waals surface area contributed by atoms with Gasteiger partial charge < -0.3 is 24.5 Å². The molecule has 0 aromatic carbocycles. The molecule has 0 bridgehead atoms. The molecule has 122 valence electrons. The fraction of sp³-hybridized carbons (Fsp3) is 0.375. The maximum atomic E-state index is 12.3. The smallest absolute Gasteiger partial charge is 0.315 e. The number of aromatic nitrogens is 1. The number of urea groups is 1. The molecule has 0 fully saturated rings. The second-order valence-corrected chi connectivity index (χ2v) is 5.51. The highest BCUT2D eigenvalue weighted by Crippen LogP contribution is 2.24. The first-order valence-corrected chi connectivity index (χ1v) is 7.64. The summed E-state index contributed by atoms with van der Waals surface area (Å²) in [5.74, 6) is 0.579. The lowest BCUT2D eigenvalue weighted by molar-refractivity contribution is -0.133. The van der Waals surface area contributed by atoms with Crippen LogP contribution >= 0.6 is 0 Å². The number of hydrogen-bond acceptors (Lipinski definition) is 3. The van der Waals surface area contributed by atoms with E-state index < -0.39 is 0 Å². The molecule has 7 nitrogen and oxygen atoms in total. The topological polar surface area (TPSA) is 79.5 Å². The lowest BCUT2D eigenvalue weighted by Gasteiger charge is -2.35. The lowest BCUT2D eigenvalue weighted by atomic mass is 10.1. The van der Waals surface area contributed by atoms with Crippen molar-refractivity contribution in [3.8, 4) is 0 Å². The summed E-state index contributed by atoms with van der Waals surface area (Å²) >= 11 is 0. The second-order valence-electron chi connectivity index (χ2n) is 5.51. The van der Waals surface area contributed by atoms with Crippen molar-refractivity contribution >= 4 is 11.9 Å². The predicted molar refractivity (Wildman–Crippen MR) is 83.5 cm³/mol. The number of carbonyl (C=O) groups excluding carboxylic acids is 2. The Bertz CT molecular complexity index is 677. The van der Waals surface area contributed by atoms with Gasteiger partial charge in [-0.15, -0.1) is 0 Å². The molecule has 0 aliphatic carbocycles. The first-order chi connectivity index (χ1) is 11.1. The van der Waals surface area contributed by atoms with Crippen LogP contribution in [0.1, 0.15) is 24.4 Å². The van der Waals surface area contributed by atoms with Gasteiger partial charge in [-0.3, -0.25) is 4.79 Å². The van der Waals surface area contributed by atoms with Crippen LogP contribution in [-0.4, -0.2) is 34.5 Å². The van der Waals surface area contributed by atoms with Gasteiger partial charge in [0.2, 0.25) is 5.91 Å². The van der Waals surface area contributed by atoms with Crippen molar-refractivity contribution in [3.63, 3.8) is 0 Å². The van der Waals surface area contributed by atoms with E-state index in [-0.39, 0.29) is 24.5 Å². The molecule has 3 heterocycles. The van der Waals surface area contributed by atoms with Gasteiger partial charge in [0.15, 0.2) is 0 Å². The van der Waals surface area contributed by atoms with E-state index in [1.807, 2.05) is 25.3 Å². The number of rotatable bonds is 4. The number of carbonyl (C=O) groups is 2. The Morgan fingerprint density at radius 2 is 2.13 bits per heavy atom. The van der Waals surface area contributed by atoms with Crippen LogP contribution in [0, 0.1) is 0 Å². The number of nitrogens with zero attached hydrogens (tertiary/aromatic N) is 2. The number of nitrogens with one attached hydrogen (secondary N) is 2. The van der Waals surface area contributed by atoms with Crippen LogP contribution in [-0.2, 0) is 17.9 Å². The number of amides is 3. The van der Waals surface area contributed by atoms with Gasteiger partial charge in [0.1, 0.15) is 5.76 Å². The Morgan fingerprint density at radius 1 is 1.26 bits per heavy atom. The summed E-state index contributed by atoms with van der Waals surface area (Å²) in [5.41, 5.74) is 1.12. The van der Waals surface area contributed by atoms with Crippen molar-refractivity contribution in [3.05, 3.63) is 48.2 Å². The summed E-state index contributed by atoms with van der Waals surface area (Å²) in [6.45, 7) is 3.70. The molecule has 3 amide bonds. The molecule has 2 N–H and O–H groups in total. The summed E-state index contributed by atoms with van der Waals surface area (Å²) < 4.78 is 7.28. The van der Waals surface area contributed by atoms with E-state index in [9.17, 15) is 9.59 Å². The molecule has 0 saturated carbocycles. The molecular formula is C16H20N4O3. The third-order valence-electron chi connectivity index (χ3n) is 4.07. The van der Waals surface area contributed by atoms with E-state index in [0.29, 0.717) is 18.8 Å². The molecular weight excluding hydrogens is 296 g/mol. The molecule has 2 aromatic heterocycles. The second kappa shape index (κ2) is 6.60. The van der Waals surface area contributed by atoms with Crippen LogP contribution in [0.4, 0.5) is 4.79 Å². The van der Waals surface area contributed by atoms with Crippen molar-refractivity contribution in [2.75, 3.05) is 13.1 Å². The quantitative estimate of drug-likeness (QED) is 0.897. The van der Waals surface area contributed by atoms with Crippen molar-refractivity contribution in [2.24, 2.45) is 0 Å². The van der Waals surface area contributed by atoms with Gasteiger partial charge in [0.25, 0.3) is 0 Å². The summed E-state index contributed by atoms with van der Waals surface area (Å²) in [6, 6.07) is 7.16. The molecule has 0 unspecified atom stereocenters. The van der Waals surface area contributed by atoms with Gasteiger partial charge in [-0.25, -0.2) is 4.79 Å². The number of furan rings is 1. The highest BCUT2D eigenvalue weighted by atomic mass is 16.3. The zero-order chi connectivity index (χ0) is 16.2. The van der Waals surface area contributed by atoms with Gasteiger partial charge in [0.05, 0.1) is 25.4 Å². The molecule has 0 saturated heterocycles. The van der Waals surface area contributed by atoms with Crippen molar-refractivity contribution in [1.29, 1.82) is 0 Å². The minimum Gasteiger partial charge on any atom is -0.467 e. The Kier molecular flexibility index (Phi) is 4.36. The highest BCUT2D eigenvalue weighted by molar-refractivity contribution is 5.84. The summed E-state index contributed by atoms with van der Waals surface area (Å²) in [5, 5.41) is 5.24. The molecule has 1 aliphatic heterocycles. The minimum absolute atomic E-state index is 0.0132. The first kappa shape index (κ1) is 15.2. The fourth-order valence-corrected chi connectivity index (χ4v) is 2.82. The molecule has 0 radical (unpaired) electrons. The average molecular weight is 316 g/mol. The van der Waals surface area contributed by atoms with Gasteiger partial charge >= 0.3 is 6.03 Å². The summed E-state index contributed by atoms with van der Waals surface area (Å²) in [4.78, 5) is 25.9. The van der Waals surface area contributed by atoms with E-state index in [4.69, 9.17) is 4.42 Å². The SMILES string of the molecule is C[C@H]1c2cccn2CCN1C(=O)CNC(=O)NCc1ccco1. The molecule has 1 aliphatic rings. The van der Waals surface area contributed by atoms with Crippen molar-refractivity contribution < 1.29 is 14.0 Å². The lowest BCUT2D eigenvalue weighted by Crippen LogP contribution is -2.47. The van der Waals surface area contributed by atoms with Crippen molar-refractivity contribution in [1.82, 2.24) is 20.1 Å². The molecule has 23 heavy (non-hydrogen) atoms. The van der Waals surface area contributed by atoms with Gasteiger partial charge in [0, 0.05) is 25.0 Å². The Hall–Kier alpha value is -2.70. The van der Waals surface area contributed by atoms with E-state index in [2.05, 4.69) is 15.2 Å². The summed E-state index contributed by atoms with van der Waals surface area (Å²) in [6.07, 6.45) is 3.57. The monoisotopic (exact) mass is 316 g/mol. The normalized spacial score (nSPS) is 16.7. The number of fused-ring (bicyclic) bond motifs is 1. The first-order valence-electron chi connectivity index (χ1n) is 7.64. The van der Waals surface area contributed by atoms with Gasteiger partial charge in [-0.05, 0) is 31.2 Å². The van der Waals surface area contributed by atoms with Crippen LogP contribution in [0.5, 0.6) is 0 Å². The molecule has 7 heteroatoms. The van der Waals surface area contributed by atoms with Crippen LogP contribution in [0.3, 0.4) is 0 Å².